The van der Waals surface area contributed by atoms with Crippen LogP contribution in [0.15, 0.2) is 29.6 Å². The molecule has 2 aromatic rings. The van der Waals surface area contributed by atoms with Crippen molar-refractivity contribution in [2.24, 2.45) is 0 Å². The molecule has 1 atom stereocenters. The highest BCUT2D eigenvalue weighted by Gasteiger charge is 2.19. The Morgan fingerprint density at radius 2 is 2.20 bits per heavy atom. The minimum atomic E-state index is 0.467. The average Bonchev–Trinajstić information content (AvgIpc) is 3.16. The maximum atomic E-state index is 5.10. The second-order valence-corrected chi connectivity index (χ2v) is 6.05. The van der Waals surface area contributed by atoms with Gasteiger partial charge >= 0.3 is 0 Å². The van der Waals surface area contributed by atoms with Crippen LogP contribution in [0.25, 0.3) is 11.3 Å². The molecule has 0 spiro atoms. The summed E-state index contributed by atoms with van der Waals surface area (Å²) in [6, 6.07) is 9.12. The van der Waals surface area contributed by atoms with Gasteiger partial charge in [0.05, 0.1) is 18.3 Å². The number of methoxy groups -OCH3 is 1. The Labute approximate surface area is 124 Å². The van der Waals surface area contributed by atoms with Gasteiger partial charge in [-0.15, -0.1) is 11.3 Å². The fourth-order valence-electron chi connectivity index (χ4n) is 2.54. The molecule has 0 aliphatic carbocycles. The van der Waals surface area contributed by atoms with E-state index in [2.05, 4.69) is 35.0 Å². The van der Waals surface area contributed by atoms with Gasteiger partial charge in [0.25, 0.3) is 0 Å². The largest absolute Gasteiger partial charge is 0.384 e. The van der Waals surface area contributed by atoms with E-state index in [1.165, 1.54) is 29.0 Å². The molecule has 1 aliphatic heterocycles. The van der Waals surface area contributed by atoms with Crippen molar-refractivity contribution in [3.05, 3.63) is 40.2 Å². The van der Waals surface area contributed by atoms with E-state index in [0.717, 1.165) is 25.3 Å². The number of nitrogens with one attached hydrogen (secondary N) is 1. The van der Waals surface area contributed by atoms with Crippen LogP contribution in [-0.2, 0) is 11.2 Å². The lowest BCUT2D eigenvalue weighted by atomic mass is 10.1. The van der Waals surface area contributed by atoms with Gasteiger partial charge in [-0.05, 0) is 31.4 Å². The molecule has 1 aromatic heterocycles. The number of benzene rings is 1. The first-order valence-electron chi connectivity index (χ1n) is 7.14. The van der Waals surface area contributed by atoms with Crippen LogP contribution in [0.3, 0.4) is 0 Å². The van der Waals surface area contributed by atoms with E-state index in [1.807, 2.05) is 0 Å². The summed E-state index contributed by atoms with van der Waals surface area (Å²) in [4.78, 5) is 4.79. The molecule has 20 heavy (non-hydrogen) atoms. The fraction of sp³-hybridized carbons (Fsp3) is 0.438. The zero-order chi connectivity index (χ0) is 13.8. The van der Waals surface area contributed by atoms with E-state index in [4.69, 9.17) is 9.72 Å². The molecule has 1 aliphatic rings. The summed E-state index contributed by atoms with van der Waals surface area (Å²) in [5, 5.41) is 6.89. The number of nitrogens with zero attached hydrogens (tertiary/aromatic N) is 1. The molecule has 106 valence electrons. The Kier molecular flexibility index (Phi) is 4.45. The third-order valence-electron chi connectivity index (χ3n) is 3.72. The maximum absolute atomic E-state index is 5.10. The van der Waals surface area contributed by atoms with Gasteiger partial charge < -0.3 is 10.1 Å². The molecule has 1 aromatic carbocycles. The molecule has 0 radical (unpaired) electrons. The van der Waals surface area contributed by atoms with Crippen LogP contribution in [0.4, 0.5) is 0 Å². The summed E-state index contributed by atoms with van der Waals surface area (Å²) in [7, 11) is 1.74. The van der Waals surface area contributed by atoms with Crippen LogP contribution in [0.1, 0.15) is 29.5 Å². The topological polar surface area (TPSA) is 34.1 Å². The Balaban J connectivity index is 1.72. The summed E-state index contributed by atoms with van der Waals surface area (Å²) in [5.74, 6) is 0. The van der Waals surface area contributed by atoms with Crippen LogP contribution in [0.5, 0.6) is 0 Å². The number of thiazole rings is 1. The first kappa shape index (κ1) is 13.7. The third kappa shape index (κ3) is 3.08. The molecule has 3 nitrogen and oxygen atoms in total. The average molecular weight is 288 g/mol. The quantitative estimate of drug-likeness (QED) is 0.915. The number of aromatic nitrogens is 1. The Morgan fingerprint density at radius 3 is 2.90 bits per heavy atom. The smallest absolute Gasteiger partial charge is 0.110 e. The highest BCUT2D eigenvalue weighted by molar-refractivity contribution is 7.10. The van der Waals surface area contributed by atoms with Gasteiger partial charge in [0.2, 0.25) is 0 Å². The van der Waals surface area contributed by atoms with Crippen molar-refractivity contribution < 1.29 is 4.74 Å². The Bertz CT molecular complexity index is 544. The van der Waals surface area contributed by atoms with Crippen molar-refractivity contribution in [2.75, 3.05) is 20.3 Å². The van der Waals surface area contributed by atoms with E-state index >= 15 is 0 Å². The van der Waals surface area contributed by atoms with Gasteiger partial charge in [0, 0.05) is 18.1 Å². The lowest BCUT2D eigenvalue weighted by molar-refractivity contribution is 0.202. The van der Waals surface area contributed by atoms with Crippen molar-refractivity contribution in [2.45, 2.75) is 25.3 Å². The van der Waals surface area contributed by atoms with Crippen LogP contribution >= 0.6 is 11.3 Å². The van der Waals surface area contributed by atoms with Crippen molar-refractivity contribution in [3.8, 4) is 11.3 Å². The SMILES string of the molecule is COCCc1ccc(-c2csc(C3CCCN3)n2)cc1. The highest BCUT2D eigenvalue weighted by atomic mass is 32.1. The molecule has 1 saturated heterocycles. The predicted molar refractivity (Wildman–Crippen MR) is 83.1 cm³/mol. The molecule has 3 rings (SSSR count). The van der Waals surface area contributed by atoms with Gasteiger partial charge in [0.1, 0.15) is 5.01 Å². The van der Waals surface area contributed by atoms with Crippen molar-refractivity contribution >= 4 is 11.3 Å². The maximum Gasteiger partial charge on any atom is 0.110 e. The van der Waals surface area contributed by atoms with E-state index in [1.54, 1.807) is 18.4 Å². The number of hydrogen-bond acceptors (Lipinski definition) is 4. The number of ether oxygens (including phenoxy) is 1. The van der Waals surface area contributed by atoms with Gasteiger partial charge in [-0.1, -0.05) is 24.3 Å². The summed E-state index contributed by atoms with van der Waals surface area (Å²) < 4.78 is 5.10. The molecule has 0 saturated carbocycles. The van der Waals surface area contributed by atoms with E-state index < -0.39 is 0 Å². The summed E-state index contributed by atoms with van der Waals surface area (Å²) in [6.45, 7) is 1.89. The van der Waals surface area contributed by atoms with E-state index in [-0.39, 0.29) is 0 Å². The minimum Gasteiger partial charge on any atom is -0.384 e. The van der Waals surface area contributed by atoms with Gasteiger partial charge in [-0.2, -0.15) is 0 Å². The first-order chi connectivity index (χ1) is 9.86. The normalized spacial score (nSPS) is 18.6. The van der Waals surface area contributed by atoms with E-state index in [9.17, 15) is 0 Å². The summed E-state index contributed by atoms with van der Waals surface area (Å²) in [5.41, 5.74) is 3.60. The van der Waals surface area contributed by atoms with Crippen LogP contribution in [-0.4, -0.2) is 25.2 Å². The van der Waals surface area contributed by atoms with Crippen molar-refractivity contribution in [1.82, 2.24) is 10.3 Å². The number of hydrogen-bond donors (Lipinski definition) is 1. The van der Waals surface area contributed by atoms with Crippen LogP contribution in [0, 0.1) is 0 Å². The van der Waals surface area contributed by atoms with Gasteiger partial charge in [-0.3, -0.25) is 0 Å². The molecule has 2 heterocycles. The summed E-state index contributed by atoms with van der Waals surface area (Å²) in [6.07, 6.45) is 3.43. The number of rotatable bonds is 5. The fourth-order valence-corrected chi connectivity index (χ4v) is 3.48. The van der Waals surface area contributed by atoms with Crippen molar-refractivity contribution in [3.63, 3.8) is 0 Å². The summed E-state index contributed by atoms with van der Waals surface area (Å²) >= 11 is 1.77. The second-order valence-electron chi connectivity index (χ2n) is 5.16. The Hall–Kier alpha value is -1.23. The highest BCUT2D eigenvalue weighted by Crippen LogP contribution is 2.29. The Morgan fingerprint density at radius 1 is 1.35 bits per heavy atom. The standard InChI is InChI=1S/C16H20N2OS/c1-19-10-8-12-4-6-13(7-5-12)15-11-20-16(18-15)14-3-2-9-17-14/h4-7,11,14,17H,2-3,8-10H2,1H3. The predicted octanol–water partition coefficient (Wildman–Crippen LogP) is 3.42. The lowest BCUT2D eigenvalue weighted by Crippen LogP contribution is -2.12. The molecular weight excluding hydrogens is 268 g/mol. The molecule has 1 fully saturated rings. The van der Waals surface area contributed by atoms with Crippen molar-refractivity contribution in [1.29, 1.82) is 0 Å². The first-order valence-corrected chi connectivity index (χ1v) is 8.02. The zero-order valence-electron chi connectivity index (χ0n) is 11.8. The zero-order valence-corrected chi connectivity index (χ0v) is 12.6. The van der Waals surface area contributed by atoms with Gasteiger partial charge in [0.15, 0.2) is 0 Å². The molecule has 1 N–H and O–H groups in total. The minimum absolute atomic E-state index is 0.467. The third-order valence-corrected chi connectivity index (χ3v) is 4.68. The van der Waals surface area contributed by atoms with E-state index in [0.29, 0.717) is 6.04 Å². The van der Waals surface area contributed by atoms with Crippen LogP contribution < -0.4 is 5.32 Å². The molecule has 0 amide bonds. The second kappa shape index (κ2) is 6.48. The molecular formula is C16H20N2OS. The molecule has 0 bridgehead atoms. The lowest BCUT2D eigenvalue weighted by Gasteiger charge is -2.05. The van der Waals surface area contributed by atoms with Gasteiger partial charge in [-0.25, -0.2) is 4.98 Å². The molecule has 4 heteroatoms. The van der Waals surface area contributed by atoms with Crippen LogP contribution in [0.2, 0.25) is 0 Å². The monoisotopic (exact) mass is 288 g/mol. The molecule has 1 unspecified atom stereocenters.